The third-order valence-corrected chi connectivity index (χ3v) is 4.40. The Bertz CT molecular complexity index is 176. The summed E-state index contributed by atoms with van der Waals surface area (Å²) in [7, 11) is 0. The van der Waals surface area contributed by atoms with Crippen LogP contribution in [0.4, 0.5) is 0 Å². The Kier molecular flexibility index (Phi) is 3.16. The zero-order valence-electron chi connectivity index (χ0n) is 9.81. The number of hydrogen-bond donors (Lipinski definition) is 1. The minimum absolute atomic E-state index is 0.784. The van der Waals surface area contributed by atoms with E-state index in [4.69, 9.17) is 0 Å². The van der Waals surface area contributed by atoms with E-state index in [2.05, 4.69) is 19.2 Å². The maximum atomic E-state index is 3.71. The molecule has 2 fully saturated rings. The Morgan fingerprint density at radius 3 is 2.29 bits per heavy atom. The van der Waals surface area contributed by atoms with Gasteiger partial charge in [-0.15, -0.1) is 0 Å². The first-order valence-electron chi connectivity index (χ1n) is 6.51. The molecule has 1 nitrogen and oxygen atoms in total. The largest absolute Gasteiger partial charge is 0.316 e. The van der Waals surface area contributed by atoms with Gasteiger partial charge in [-0.05, 0) is 49.5 Å². The normalized spacial score (nSPS) is 24.2. The highest BCUT2D eigenvalue weighted by Crippen LogP contribution is 2.60. The van der Waals surface area contributed by atoms with Crippen molar-refractivity contribution < 1.29 is 0 Å². The fourth-order valence-corrected chi connectivity index (χ4v) is 2.69. The van der Waals surface area contributed by atoms with Gasteiger partial charge in [-0.25, -0.2) is 0 Å². The Balaban J connectivity index is 1.62. The van der Waals surface area contributed by atoms with Crippen LogP contribution in [0.3, 0.4) is 0 Å². The lowest BCUT2D eigenvalue weighted by molar-refractivity contribution is 0.369. The Morgan fingerprint density at radius 2 is 1.86 bits per heavy atom. The van der Waals surface area contributed by atoms with Gasteiger partial charge in [0.2, 0.25) is 0 Å². The Labute approximate surface area is 88.7 Å². The van der Waals surface area contributed by atoms with Crippen LogP contribution < -0.4 is 5.32 Å². The van der Waals surface area contributed by atoms with Crippen molar-refractivity contribution in [2.45, 2.75) is 52.4 Å². The monoisotopic (exact) mass is 195 g/mol. The van der Waals surface area contributed by atoms with E-state index in [-0.39, 0.29) is 0 Å². The molecule has 0 unspecified atom stereocenters. The average Bonchev–Trinajstić information content (AvgIpc) is 3.03. The quantitative estimate of drug-likeness (QED) is 0.658. The summed E-state index contributed by atoms with van der Waals surface area (Å²) in [4.78, 5) is 0. The lowest BCUT2D eigenvalue weighted by Crippen LogP contribution is -2.29. The molecule has 0 aromatic heterocycles. The smallest absolute Gasteiger partial charge is 0.00106 e. The van der Waals surface area contributed by atoms with E-state index < -0.39 is 0 Å². The second kappa shape index (κ2) is 4.22. The van der Waals surface area contributed by atoms with Crippen molar-refractivity contribution in [2.75, 3.05) is 13.1 Å². The molecule has 0 heterocycles. The average molecular weight is 195 g/mol. The molecule has 0 radical (unpaired) electrons. The molecule has 14 heavy (non-hydrogen) atoms. The van der Waals surface area contributed by atoms with Crippen LogP contribution in [0.1, 0.15) is 52.4 Å². The van der Waals surface area contributed by atoms with E-state index in [1.54, 1.807) is 0 Å². The Hall–Kier alpha value is -0.0400. The standard InChI is InChI=1S/C13H25N/c1-3-11(4-2)9-14-10-13(7-8-13)12-5-6-12/h11-12,14H,3-10H2,1-2H3. The topological polar surface area (TPSA) is 12.0 Å². The van der Waals surface area contributed by atoms with Crippen LogP contribution in [0, 0.1) is 17.3 Å². The predicted molar refractivity (Wildman–Crippen MR) is 61.3 cm³/mol. The molecule has 0 aliphatic heterocycles. The van der Waals surface area contributed by atoms with Crippen molar-refractivity contribution in [1.29, 1.82) is 0 Å². The molecular weight excluding hydrogens is 170 g/mol. The summed E-state index contributed by atoms with van der Waals surface area (Å²) in [6.07, 6.45) is 8.72. The molecule has 1 heteroatoms. The summed E-state index contributed by atoms with van der Waals surface area (Å²) in [6.45, 7) is 7.18. The molecule has 2 saturated carbocycles. The molecule has 0 aromatic carbocycles. The van der Waals surface area contributed by atoms with Gasteiger partial charge < -0.3 is 5.32 Å². The molecule has 0 amide bonds. The summed E-state index contributed by atoms with van der Waals surface area (Å²) in [5.74, 6) is 2.02. The van der Waals surface area contributed by atoms with Crippen LogP contribution in [-0.2, 0) is 0 Å². The van der Waals surface area contributed by atoms with Gasteiger partial charge in [-0.3, -0.25) is 0 Å². The molecule has 0 aromatic rings. The van der Waals surface area contributed by atoms with E-state index in [9.17, 15) is 0 Å². The van der Waals surface area contributed by atoms with Gasteiger partial charge in [0.05, 0.1) is 0 Å². The van der Waals surface area contributed by atoms with E-state index >= 15 is 0 Å². The molecule has 0 saturated heterocycles. The van der Waals surface area contributed by atoms with E-state index in [1.807, 2.05) is 0 Å². The van der Waals surface area contributed by atoms with Gasteiger partial charge in [0.1, 0.15) is 0 Å². The first-order valence-corrected chi connectivity index (χ1v) is 6.51. The fourth-order valence-electron chi connectivity index (χ4n) is 2.69. The van der Waals surface area contributed by atoms with Gasteiger partial charge in [0.15, 0.2) is 0 Å². The molecule has 2 aliphatic rings. The maximum Gasteiger partial charge on any atom is 0.00106 e. The molecule has 0 bridgehead atoms. The summed E-state index contributed by atoms with van der Waals surface area (Å²) >= 11 is 0. The van der Waals surface area contributed by atoms with Crippen molar-refractivity contribution >= 4 is 0 Å². The zero-order chi connectivity index (χ0) is 10.0. The summed E-state index contributed by atoms with van der Waals surface area (Å²) < 4.78 is 0. The van der Waals surface area contributed by atoms with Crippen molar-refractivity contribution in [3.63, 3.8) is 0 Å². The second-order valence-electron chi connectivity index (χ2n) is 5.45. The van der Waals surface area contributed by atoms with Crippen LogP contribution in [0.5, 0.6) is 0 Å². The molecule has 1 N–H and O–H groups in total. The summed E-state index contributed by atoms with van der Waals surface area (Å²) in [5.41, 5.74) is 0.784. The fraction of sp³-hybridized carbons (Fsp3) is 1.00. The van der Waals surface area contributed by atoms with Gasteiger partial charge in [-0.2, -0.15) is 0 Å². The third-order valence-electron chi connectivity index (χ3n) is 4.40. The van der Waals surface area contributed by atoms with E-state index in [0.717, 1.165) is 17.3 Å². The van der Waals surface area contributed by atoms with Crippen molar-refractivity contribution in [3.05, 3.63) is 0 Å². The molecule has 0 atom stereocenters. The highest BCUT2D eigenvalue weighted by Gasteiger charge is 2.53. The summed E-state index contributed by atoms with van der Waals surface area (Å²) in [6, 6.07) is 0. The first kappa shape index (κ1) is 10.5. The number of rotatable bonds is 7. The minimum Gasteiger partial charge on any atom is -0.316 e. The van der Waals surface area contributed by atoms with Crippen LogP contribution >= 0.6 is 0 Å². The van der Waals surface area contributed by atoms with Crippen LogP contribution in [-0.4, -0.2) is 13.1 Å². The van der Waals surface area contributed by atoms with E-state index in [1.165, 1.54) is 51.6 Å². The number of hydrogen-bond acceptors (Lipinski definition) is 1. The highest BCUT2D eigenvalue weighted by molar-refractivity contribution is 5.05. The minimum atomic E-state index is 0.784. The highest BCUT2D eigenvalue weighted by atomic mass is 14.9. The summed E-state index contributed by atoms with van der Waals surface area (Å²) in [5, 5.41) is 3.71. The second-order valence-corrected chi connectivity index (χ2v) is 5.45. The van der Waals surface area contributed by atoms with Gasteiger partial charge in [0, 0.05) is 6.54 Å². The van der Waals surface area contributed by atoms with Crippen molar-refractivity contribution in [2.24, 2.45) is 17.3 Å². The molecular formula is C13H25N. The maximum absolute atomic E-state index is 3.71. The van der Waals surface area contributed by atoms with E-state index in [0.29, 0.717) is 0 Å². The molecule has 2 rings (SSSR count). The lowest BCUT2D eigenvalue weighted by atomic mass is 9.99. The Morgan fingerprint density at radius 1 is 1.21 bits per heavy atom. The van der Waals surface area contributed by atoms with Gasteiger partial charge >= 0.3 is 0 Å². The third kappa shape index (κ3) is 2.31. The van der Waals surface area contributed by atoms with Crippen molar-refractivity contribution in [1.82, 2.24) is 5.32 Å². The molecule has 2 aliphatic carbocycles. The molecule has 82 valence electrons. The van der Waals surface area contributed by atoms with Crippen molar-refractivity contribution in [3.8, 4) is 0 Å². The van der Waals surface area contributed by atoms with Crippen LogP contribution in [0.15, 0.2) is 0 Å². The zero-order valence-corrected chi connectivity index (χ0v) is 9.81. The van der Waals surface area contributed by atoms with Gasteiger partial charge in [-0.1, -0.05) is 26.7 Å². The SMILES string of the molecule is CCC(CC)CNCC1(C2CC2)CC1. The lowest BCUT2D eigenvalue weighted by Gasteiger charge is -2.18. The van der Waals surface area contributed by atoms with Crippen LogP contribution in [0.25, 0.3) is 0 Å². The number of nitrogens with one attached hydrogen (secondary N) is 1. The van der Waals surface area contributed by atoms with Gasteiger partial charge in [0.25, 0.3) is 0 Å². The van der Waals surface area contributed by atoms with Crippen LogP contribution in [0.2, 0.25) is 0 Å². The first-order chi connectivity index (χ1) is 6.80. The predicted octanol–water partition coefficient (Wildman–Crippen LogP) is 3.20. The molecule has 0 spiro atoms.